The summed E-state index contributed by atoms with van der Waals surface area (Å²) in [5.41, 5.74) is 5.74. The van der Waals surface area contributed by atoms with Gasteiger partial charge in [0.15, 0.2) is 11.5 Å². The second-order valence-corrected chi connectivity index (χ2v) is 2.64. The zero-order valence-corrected chi connectivity index (χ0v) is 8.00. The molecule has 0 aromatic heterocycles. The highest BCUT2D eigenvalue weighted by Crippen LogP contribution is 2.36. The minimum absolute atomic E-state index is 0.0972. The second-order valence-electron chi connectivity index (χ2n) is 2.64. The molecule has 0 bridgehead atoms. The molecule has 14 heavy (non-hydrogen) atoms. The Kier molecular flexibility index (Phi) is 2.81. The molecule has 0 spiro atoms. The lowest BCUT2D eigenvalue weighted by Gasteiger charge is -2.10. The van der Waals surface area contributed by atoms with E-state index in [0.717, 1.165) is 0 Å². The molecule has 4 N–H and O–H groups in total. The molecule has 0 heterocycles. The fourth-order valence-electron chi connectivity index (χ4n) is 1.05. The number of nitrogens with two attached hydrogens (primary N) is 1. The molecule has 1 aromatic carbocycles. The van der Waals surface area contributed by atoms with Gasteiger partial charge in [0.2, 0.25) is 5.75 Å². The van der Waals surface area contributed by atoms with Gasteiger partial charge in [-0.15, -0.1) is 0 Å². The SMILES string of the molecule is COc1cc(C(=N)N)cc(OC)c1O. The molecular weight excluding hydrogens is 184 g/mol. The van der Waals surface area contributed by atoms with E-state index in [1.807, 2.05) is 0 Å². The monoisotopic (exact) mass is 196 g/mol. The highest BCUT2D eigenvalue weighted by molar-refractivity contribution is 5.96. The fraction of sp³-hybridized carbons (Fsp3) is 0.222. The molecule has 0 amide bonds. The normalized spacial score (nSPS) is 9.57. The van der Waals surface area contributed by atoms with Crippen molar-refractivity contribution in [1.82, 2.24) is 0 Å². The van der Waals surface area contributed by atoms with Gasteiger partial charge in [-0.3, -0.25) is 5.41 Å². The third-order valence-electron chi connectivity index (χ3n) is 1.79. The predicted octanol–water partition coefficient (Wildman–Crippen LogP) is 0.693. The van der Waals surface area contributed by atoms with Gasteiger partial charge in [0, 0.05) is 5.56 Å². The van der Waals surface area contributed by atoms with Crippen LogP contribution in [0.4, 0.5) is 0 Å². The molecule has 0 unspecified atom stereocenters. The van der Waals surface area contributed by atoms with Crippen molar-refractivity contribution in [1.29, 1.82) is 5.41 Å². The Morgan fingerprint density at radius 3 is 2.00 bits per heavy atom. The lowest BCUT2D eigenvalue weighted by Crippen LogP contribution is -2.11. The van der Waals surface area contributed by atoms with Crippen molar-refractivity contribution >= 4 is 5.84 Å². The topological polar surface area (TPSA) is 88.6 Å². The minimum atomic E-state index is -0.110. The molecule has 76 valence electrons. The molecule has 5 heteroatoms. The van der Waals surface area contributed by atoms with Gasteiger partial charge in [-0.2, -0.15) is 0 Å². The van der Waals surface area contributed by atoms with Crippen LogP contribution < -0.4 is 15.2 Å². The first kappa shape index (κ1) is 10.2. The zero-order chi connectivity index (χ0) is 10.7. The number of nitrogen functional groups attached to an aromatic ring is 1. The van der Waals surface area contributed by atoms with Gasteiger partial charge in [-0.25, -0.2) is 0 Å². The Hall–Kier alpha value is -1.91. The molecule has 1 aromatic rings. The van der Waals surface area contributed by atoms with Gasteiger partial charge in [0.1, 0.15) is 5.84 Å². The average molecular weight is 196 g/mol. The number of hydrogen-bond acceptors (Lipinski definition) is 4. The summed E-state index contributed by atoms with van der Waals surface area (Å²) in [6.45, 7) is 0. The predicted molar refractivity (Wildman–Crippen MR) is 52.2 cm³/mol. The molecule has 0 saturated carbocycles. The average Bonchev–Trinajstić information content (AvgIpc) is 2.17. The third-order valence-corrected chi connectivity index (χ3v) is 1.79. The van der Waals surface area contributed by atoms with E-state index >= 15 is 0 Å². The molecule has 0 saturated heterocycles. The van der Waals surface area contributed by atoms with E-state index in [0.29, 0.717) is 5.56 Å². The zero-order valence-electron chi connectivity index (χ0n) is 8.00. The van der Waals surface area contributed by atoms with E-state index in [4.69, 9.17) is 20.6 Å². The van der Waals surface area contributed by atoms with Crippen molar-refractivity contribution in [3.8, 4) is 17.2 Å². The van der Waals surface area contributed by atoms with Gasteiger partial charge in [-0.05, 0) is 12.1 Å². The van der Waals surface area contributed by atoms with Crippen molar-refractivity contribution in [2.45, 2.75) is 0 Å². The number of rotatable bonds is 3. The van der Waals surface area contributed by atoms with Crippen LogP contribution in [0.15, 0.2) is 12.1 Å². The molecule has 0 aliphatic carbocycles. The van der Waals surface area contributed by atoms with Gasteiger partial charge in [0.25, 0.3) is 0 Å². The van der Waals surface area contributed by atoms with E-state index in [1.165, 1.54) is 26.4 Å². The van der Waals surface area contributed by atoms with E-state index in [1.54, 1.807) is 0 Å². The summed E-state index contributed by atoms with van der Waals surface area (Å²) >= 11 is 0. The number of amidine groups is 1. The number of ether oxygens (including phenoxy) is 2. The number of methoxy groups -OCH3 is 2. The number of phenols is 1. The number of aromatic hydroxyl groups is 1. The molecule has 1 rings (SSSR count). The maximum absolute atomic E-state index is 9.53. The second kappa shape index (κ2) is 3.87. The number of hydrogen-bond donors (Lipinski definition) is 3. The smallest absolute Gasteiger partial charge is 0.200 e. The fourth-order valence-corrected chi connectivity index (χ4v) is 1.05. The first-order valence-corrected chi connectivity index (χ1v) is 3.89. The van der Waals surface area contributed by atoms with Crippen LogP contribution in [0.1, 0.15) is 5.56 Å². The lowest BCUT2D eigenvalue weighted by atomic mass is 10.1. The summed E-state index contributed by atoms with van der Waals surface area (Å²) < 4.78 is 9.79. The van der Waals surface area contributed by atoms with Crippen molar-refractivity contribution < 1.29 is 14.6 Å². The van der Waals surface area contributed by atoms with Gasteiger partial charge < -0.3 is 20.3 Å². The van der Waals surface area contributed by atoms with Crippen LogP contribution in [-0.2, 0) is 0 Å². The summed E-state index contributed by atoms with van der Waals surface area (Å²) in [4.78, 5) is 0. The Bertz CT molecular complexity index is 338. The summed E-state index contributed by atoms with van der Waals surface area (Å²) in [5, 5.41) is 16.8. The summed E-state index contributed by atoms with van der Waals surface area (Å²) in [6.07, 6.45) is 0. The summed E-state index contributed by atoms with van der Waals surface area (Å²) in [5.74, 6) is 0.255. The van der Waals surface area contributed by atoms with E-state index in [9.17, 15) is 5.11 Å². The van der Waals surface area contributed by atoms with Crippen molar-refractivity contribution in [2.75, 3.05) is 14.2 Å². The summed E-state index contributed by atoms with van der Waals surface area (Å²) in [7, 11) is 2.83. The van der Waals surface area contributed by atoms with Gasteiger partial charge in [0.05, 0.1) is 14.2 Å². The highest BCUT2D eigenvalue weighted by atomic mass is 16.5. The van der Waals surface area contributed by atoms with E-state index < -0.39 is 0 Å². The highest BCUT2D eigenvalue weighted by Gasteiger charge is 2.11. The molecule has 5 nitrogen and oxygen atoms in total. The van der Waals surface area contributed by atoms with Crippen LogP contribution in [0.5, 0.6) is 17.2 Å². The Labute approximate surface area is 81.6 Å². The Balaban J connectivity index is 3.32. The molecule has 0 aliphatic heterocycles. The first-order chi connectivity index (χ1) is 6.60. The van der Waals surface area contributed by atoms with Crippen molar-refractivity contribution in [2.24, 2.45) is 5.73 Å². The number of phenolic OH excluding ortho intramolecular Hbond substituents is 1. The van der Waals surface area contributed by atoms with Crippen LogP contribution in [-0.4, -0.2) is 25.2 Å². The largest absolute Gasteiger partial charge is 0.502 e. The maximum Gasteiger partial charge on any atom is 0.200 e. The van der Waals surface area contributed by atoms with Gasteiger partial charge in [-0.1, -0.05) is 0 Å². The molecular formula is C9H12N2O3. The molecule has 0 radical (unpaired) electrons. The number of nitrogens with one attached hydrogen (secondary N) is 1. The third kappa shape index (κ3) is 1.71. The van der Waals surface area contributed by atoms with Crippen LogP contribution in [0.25, 0.3) is 0 Å². The van der Waals surface area contributed by atoms with Crippen molar-refractivity contribution in [3.05, 3.63) is 17.7 Å². The van der Waals surface area contributed by atoms with Crippen LogP contribution in [0.2, 0.25) is 0 Å². The minimum Gasteiger partial charge on any atom is -0.502 e. The molecule has 0 atom stereocenters. The number of benzene rings is 1. The lowest BCUT2D eigenvalue weighted by molar-refractivity contribution is 0.340. The van der Waals surface area contributed by atoms with Gasteiger partial charge >= 0.3 is 0 Å². The quantitative estimate of drug-likeness (QED) is 0.490. The first-order valence-electron chi connectivity index (χ1n) is 3.89. The van der Waals surface area contributed by atoms with E-state index in [2.05, 4.69) is 0 Å². The summed E-state index contributed by atoms with van der Waals surface area (Å²) in [6, 6.07) is 2.94. The van der Waals surface area contributed by atoms with E-state index in [-0.39, 0.29) is 23.1 Å². The molecule has 0 aliphatic rings. The Morgan fingerprint density at radius 2 is 1.71 bits per heavy atom. The Morgan fingerprint density at radius 1 is 1.29 bits per heavy atom. The van der Waals surface area contributed by atoms with Crippen LogP contribution >= 0.6 is 0 Å². The van der Waals surface area contributed by atoms with Crippen LogP contribution in [0, 0.1) is 5.41 Å². The maximum atomic E-state index is 9.53. The standard InChI is InChI=1S/C9H12N2O3/c1-13-6-3-5(9(10)11)4-7(14-2)8(6)12/h3-4,12H,1-2H3,(H3,10,11). The van der Waals surface area contributed by atoms with Crippen molar-refractivity contribution in [3.63, 3.8) is 0 Å². The van der Waals surface area contributed by atoms with Crippen LogP contribution in [0.3, 0.4) is 0 Å². The molecule has 0 fully saturated rings.